The van der Waals surface area contributed by atoms with Gasteiger partial charge in [0.1, 0.15) is 0 Å². The number of aliphatic hydroxyl groups is 1. The number of nitrogens with two attached hydrogens (primary N) is 1. The third-order valence-corrected chi connectivity index (χ3v) is 4.09. The van der Waals surface area contributed by atoms with Gasteiger partial charge in [-0.2, -0.15) is 0 Å². The van der Waals surface area contributed by atoms with Gasteiger partial charge in [0.05, 0.1) is 6.10 Å². The number of hydrogen-bond acceptors (Lipinski definition) is 2. The molecule has 0 aliphatic rings. The van der Waals surface area contributed by atoms with Crippen molar-refractivity contribution in [1.29, 1.82) is 0 Å². The minimum atomic E-state index is -0.654. The van der Waals surface area contributed by atoms with Crippen LogP contribution in [-0.4, -0.2) is 11.7 Å². The Bertz CT molecular complexity index is 580. The Morgan fingerprint density at radius 3 is 2.14 bits per heavy atom. The van der Waals surface area contributed by atoms with Crippen LogP contribution in [0.2, 0.25) is 5.02 Å². The molecule has 2 atom stereocenters. The standard InChI is InChI=1S/C18H22ClNO/c1-12(2)13-6-8-14(9-7-13)17(11-20)18(21)15-4-3-5-16(19)10-15/h3-10,12,17-18,21H,11,20H2,1-2H3. The van der Waals surface area contributed by atoms with Crippen molar-refractivity contribution in [3.8, 4) is 0 Å². The molecule has 0 heterocycles. The Hall–Kier alpha value is -1.35. The highest BCUT2D eigenvalue weighted by molar-refractivity contribution is 6.30. The van der Waals surface area contributed by atoms with Gasteiger partial charge in [0.2, 0.25) is 0 Å². The van der Waals surface area contributed by atoms with E-state index in [0.717, 1.165) is 11.1 Å². The molecule has 0 bridgehead atoms. The topological polar surface area (TPSA) is 46.2 Å². The zero-order valence-electron chi connectivity index (χ0n) is 12.5. The summed E-state index contributed by atoms with van der Waals surface area (Å²) < 4.78 is 0. The van der Waals surface area contributed by atoms with E-state index in [1.807, 2.05) is 12.1 Å². The number of aliphatic hydroxyl groups excluding tert-OH is 1. The average Bonchev–Trinajstić information content (AvgIpc) is 2.48. The van der Waals surface area contributed by atoms with Gasteiger partial charge >= 0.3 is 0 Å². The van der Waals surface area contributed by atoms with Crippen LogP contribution in [0.25, 0.3) is 0 Å². The summed E-state index contributed by atoms with van der Waals surface area (Å²) in [6.45, 7) is 4.71. The van der Waals surface area contributed by atoms with Crippen molar-refractivity contribution in [1.82, 2.24) is 0 Å². The van der Waals surface area contributed by atoms with E-state index in [1.165, 1.54) is 5.56 Å². The van der Waals surface area contributed by atoms with Gasteiger partial charge in [-0.3, -0.25) is 0 Å². The van der Waals surface area contributed by atoms with Crippen LogP contribution >= 0.6 is 11.6 Å². The van der Waals surface area contributed by atoms with E-state index < -0.39 is 6.10 Å². The summed E-state index contributed by atoms with van der Waals surface area (Å²) in [4.78, 5) is 0. The second-order valence-corrected chi connectivity index (χ2v) is 6.10. The average molecular weight is 304 g/mol. The molecule has 0 aliphatic heterocycles. The summed E-state index contributed by atoms with van der Waals surface area (Å²) in [5, 5.41) is 11.2. The van der Waals surface area contributed by atoms with E-state index in [9.17, 15) is 5.11 Å². The SMILES string of the molecule is CC(C)c1ccc(C(CN)C(O)c2cccc(Cl)c2)cc1. The predicted octanol–water partition coefficient (Wildman–Crippen LogP) is 4.24. The van der Waals surface area contributed by atoms with Crippen LogP contribution in [0.15, 0.2) is 48.5 Å². The third kappa shape index (κ3) is 3.85. The summed E-state index contributed by atoms with van der Waals surface area (Å²) >= 11 is 6.00. The number of rotatable bonds is 5. The lowest BCUT2D eigenvalue weighted by Crippen LogP contribution is -2.20. The van der Waals surface area contributed by atoms with Crippen molar-refractivity contribution < 1.29 is 5.11 Å². The highest BCUT2D eigenvalue weighted by Gasteiger charge is 2.21. The van der Waals surface area contributed by atoms with Crippen LogP contribution < -0.4 is 5.73 Å². The molecule has 2 nitrogen and oxygen atoms in total. The van der Waals surface area contributed by atoms with Crippen molar-refractivity contribution in [2.45, 2.75) is 31.8 Å². The van der Waals surface area contributed by atoms with Crippen molar-refractivity contribution in [2.75, 3.05) is 6.54 Å². The predicted molar refractivity (Wildman–Crippen MR) is 88.7 cm³/mol. The van der Waals surface area contributed by atoms with E-state index in [1.54, 1.807) is 12.1 Å². The minimum Gasteiger partial charge on any atom is -0.388 e. The first-order chi connectivity index (χ1) is 10.0. The molecule has 2 unspecified atom stereocenters. The molecule has 0 aliphatic carbocycles. The molecule has 2 aromatic rings. The molecule has 0 radical (unpaired) electrons. The molecular weight excluding hydrogens is 282 g/mol. The molecule has 3 heteroatoms. The van der Waals surface area contributed by atoms with Gasteiger partial charge in [-0.15, -0.1) is 0 Å². The molecule has 21 heavy (non-hydrogen) atoms. The zero-order valence-corrected chi connectivity index (χ0v) is 13.2. The lowest BCUT2D eigenvalue weighted by molar-refractivity contribution is 0.147. The van der Waals surface area contributed by atoms with E-state index in [2.05, 4.69) is 38.1 Å². The second-order valence-electron chi connectivity index (χ2n) is 5.66. The fraction of sp³-hybridized carbons (Fsp3) is 0.333. The Labute approximate surface area is 131 Å². The van der Waals surface area contributed by atoms with Gasteiger partial charge in [-0.25, -0.2) is 0 Å². The number of hydrogen-bond donors (Lipinski definition) is 2. The molecule has 0 saturated carbocycles. The van der Waals surface area contributed by atoms with Crippen molar-refractivity contribution >= 4 is 11.6 Å². The van der Waals surface area contributed by atoms with E-state index in [0.29, 0.717) is 17.5 Å². The molecule has 0 amide bonds. The second kappa shape index (κ2) is 7.08. The van der Waals surface area contributed by atoms with Crippen LogP contribution in [0.1, 0.15) is 48.5 Å². The largest absolute Gasteiger partial charge is 0.388 e. The van der Waals surface area contributed by atoms with E-state index in [-0.39, 0.29) is 5.92 Å². The summed E-state index contributed by atoms with van der Waals surface area (Å²) in [7, 11) is 0. The van der Waals surface area contributed by atoms with Gasteiger partial charge in [0, 0.05) is 17.5 Å². The van der Waals surface area contributed by atoms with Crippen molar-refractivity contribution in [2.24, 2.45) is 5.73 Å². The van der Waals surface area contributed by atoms with Gasteiger partial charge in [0.15, 0.2) is 0 Å². The van der Waals surface area contributed by atoms with Gasteiger partial charge < -0.3 is 10.8 Å². The van der Waals surface area contributed by atoms with Gasteiger partial charge in [-0.05, 0) is 34.7 Å². The summed E-state index contributed by atoms with van der Waals surface area (Å²) in [5.74, 6) is 0.359. The Morgan fingerprint density at radius 2 is 1.62 bits per heavy atom. The molecular formula is C18H22ClNO. The monoisotopic (exact) mass is 303 g/mol. The lowest BCUT2D eigenvalue weighted by atomic mass is 9.88. The quantitative estimate of drug-likeness (QED) is 0.868. The third-order valence-electron chi connectivity index (χ3n) is 3.86. The first-order valence-corrected chi connectivity index (χ1v) is 7.64. The molecule has 0 spiro atoms. The van der Waals surface area contributed by atoms with Gasteiger partial charge in [0.25, 0.3) is 0 Å². The zero-order chi connectivity index (χ0) is 15.4. The Kier molecular flexibility index (Phi) is 5.40. The van der Waals surface area contributed by atoms with Crippen LogP contribution in [0.3, 0.4) is 0 Å². The Morgan fingerprint density at radius 1 is 1.00 bits per heavy atom. The molecule has 0 fully saturated rings. The molecule has 3 N–H and O–H groups in total. The summed E-state index contributed by atoms with van der Waals surface area (Å²) in [6, 6.07) is 15.6. The number of halogens is 1. The summed E-state index contributed by atoms with van der Waals surface area (Å²) in [6.07, 6.45) is -0.654. The Balaban J connectivity index is 2.26. The highest BCUT2D eigenvalue weighted by atomic mass is 35.5. The van der Waals surface area contributed by atoms with Gasteiger partial charge in [-0.1, -0.05) is 61.8 Å². The highest BCUT2D eigenvalue weighted by Crippen LogP contribution is 2.32. The van der Waals surface area contributed by atoms with Crippen LogP contribution in [0.5, 0.6) is 0 Å². The molecule has 112 valence electrons. The van der Waals surface area contributed by atoms with Crippen LogP contribution in [0, 0.1) is 0 Å². The normalized spacial score (nSPS) is 14.2. The molecule has 2 aromatic carbocycles. The fourth-order valence-corrected chi connectivity index (χ4v) is 2.70. The van der Waals surface area contributed by atoms with E-state index in [4.69, 9.17) is 17.3 Å². The number of benzene rings is 2. The maximum absolute atomic E-state index is 10.6. The van der Waals surface area contributed by atoms with Crippen molar-refractivity contribution in [3.63, 3.8) is 0 Å². The first kappa shape index (κ1) is 16.0. The molecule has 0 saturated heterocycles. The minimum absolute atomic E-state index is 0.135. The van der Waals surface area contributed by atoms with Crippen molar-refractivity contribution in [3.05, 3.63) is 70.2 Å². The fourth-order valence-electron chi connectivity index (χ4n) is 2.50. The smallest absolute Gasteiger partial charge is 0.0871 e. The van der Waals surface area contributed by atoms with Crippen LogP contribution in [-0.2, 0) is 0 Å². The van der Waals surface area contributed by atoms with E-state index >= 15 is 0 Å². The maximum atomic E-state index is 10.6. The molecule has 0 aromatic heterocycles. The molecule has 2 rings (SSSR count). The first-order valence-electron chi connectivity index (χ1n) is 7.26. The van der Waals surface area contributed by atoms with Crippen LogP contribution in [0.4, 0.5) is 0 Å². The summed E-state index contributed by atoms with van der Waals surface area (Å²) in [5.41, 5.74) is 9.02. The lowest BCUT2D eigenvalue weighted by Gasteiger charge is -2.23. The maximum Gasteiger partial charge on any atom is 0.0871 e.